The number of aromatic nitrogens is 2. The molecule has 0 fully saturated rings. The molecule has 0 aliphatic heterocycles. The lowest BCUT2D eigenvalue weighted by molar-refractivity contribution is 0.265. The number of anilines is 1. The first-order chi connectivity index (χ1) is 6.76. The molecule has 2 N–H and O–H groups in total. The fourth-order valence-corrected chi connectivity index (χ4v) is 2.08. The number of rotatable bonds is 6. The normalized spacial score (nSPS) is 11.1. The molecule has 1 heterocycles. The van der Waals surface area contributed by atoms with Crippen molar-refractivity contribution in [3.05, 3.63) is 5.01 Å². The van der Waals surface area contributed by atoms with Crippen molar-refractivity contribution in [3.8, 4) is 0 Å². The van der Waals surface area contributed by atoms with Gasteiger partial charge in [0.15, 0.2) is 0 Å². The Kier molecular flexibility index (Phi) is 4.82. The minimum absolute atomic E-state index is 0.563. The minimum atomic E-state index is 0.563. The predicted molar refractivity (Wildman–Crippen MR) is 60.2 cm³/mol. The zero-order chi connectivity index (χ0) is 10.4. The van der Waals surface area contributed by atoms with Gasteiger partial charge in [0.2, 0.25) is 5.13 Å². The third kappa shape index (κ3) is 3.59. The third-order valence-corrected chi connectivity index (χ3v) is 2.66. The zero-order valence-electron chi connectivity index (χ0n) is 8.86. The van der Waals surface area contributed by atoms with Crippen LogP contribution in [0.5, 0.6) is 0 Å². The van der Waals surface area contributed by atoms with Crippen LogP contribution in [0.1, 0.15) is 31.7 Å². The summed E-state index contributed by atoms with van der Waals surface area (Å²) in [6.45, 7) is 7.51. The van der Waals surface area contributed by atoms with Crippen LogP contribution in [-0.4, -0.2) is 28.2 Å². The van der Waals surface area contributed by atoms with Crippen LogP contribution in [0.25, 0.3) is 0 Å². The maximum atomic E-state index is 5.53. The van der Waals surface area contributed by atoms with Gasteiger partial charge in [0.25, 0.3) is 0 Å². The Morgan fingerprint density at radius 3 is 2.29 bits per heavy atom. The number of nitrogen functional groups attached to an aromatic ring is 1. The summed E-state index contributed by atoms with van der Waals surface area (Å²) in [7, 11) is 0. The summed E-state index contributed by atoms with van der Waals surface area (Å²) in [4.78, 5) is 2.39. The largest absolute Gasteiger partial charge is 0.374 e. The van der Waals surface area contributed by atoms with Crippen molar-refractivity contribution in [2.45, 2.75) is 33.2 Å². The van der Waals surface area contributed by atoms with E-state index in [1.165, 1.54) is 24.2 Å². The van der Waals surface area contributed by atoms with Gasteiger partial charge in [0, 0.05) is 0 Å². The summed E-state index contributed by atoms with van der Waals surface area (Å²) in [6.07, 6.45) is 2.35. The number of hydrogen-bond donors (Lipinski definition) is 1. The maximum Gasteiger partial charge on any atom is 0.203 e. The average molecular weight is 214 g/mol. The molecule has 0 aliphatic carbocycles. The lowest BCUT2D eigenvalue weighted by Crippen LogP contribution is -2.24. The van der Waals surface area contributed by atoms with E-state index in [-0.39, 0.29) is 0 Å². The molecule has 80 valence electrons. The Bertz CT molecular complexity index is 255. The smallest absolute Gasteiger partial charge is 0.203 e. The summed E-state index contributed by atoms with van der Waals surface area (Å²) >= 11 is 1.48. The van der Waals surface area contributed by atoms with E-state index in [2.05, 4.69) is 28.9 Å². The molecule has 0 amide bonds. The van der Waals surface area contributed by atoms with Crippen LogP contribution in [0, 0.1) is 0 Å². The van der Waals surface area contributed by atoms with Crippen molar-refractivity contribution in [1.29, 1.82) is 0 Å². The molecular weight excluding hydrogens is 196 g/mol. The predicted octanol–water partition coefficient (Wildman–Crippen LogP) is 1.74. The minimum Gasteiger partial charge on any atom is -0.374 e. The van der Waals surface area contributed by atoms with Crippen molar-refractivity contribution in [1.82, 2.24) is 15.1 Å². The number of hydrogen-bond acceptors (Lipinski definition) is 5. The lowest BCUT2D eigenvalue weighted by Gasteiger charge is -2.18. The molecule has 1 rings (SSSR count). The Labute approximate surface area is 89.1 Å². The summed E-state index contributed by atoms with van der Waals surface area (Å²) in [5.74, 6) is 0. The molecule has 0 atom stereocenters. The van der Waals surface area contributed by atoms with Gasteiger partial charge in [0.05, 0.1) is 6.54 Å². The Morgan fingerprint density at radius 2 is 1.86 bits per heavy atom. The molecule has 0 saturated carbocycles. The summed E-state index contributed by atoms with van der Waals surface area (Å²) in [5.41, 5.74) is 5.53. The highest BCUT2D eigenvalue weighted by molar-refractivity contribution is 7.15. The van der Waals surface area contributed by atoms with Crippen LogP contribution in [0.4, 0.5) is 5.13 Å². The van der Waals surface area contributed by atoms with Gasteiger partial charge in [-0.05, 0) is 25.9 Å². The highest BCUT2D eigenvalue weighted by Gasteiger charge is 2.07. The van der Waals surface area contributed by atoms with Crippen LogP contribution in [0.2, 0.25) is 0 Å². The van der Waals surface area contributed by atoms with Crippen molar-refractivity contribution in [2.75, 3.05) is 18.8 Å². The van der Waals surface area contributed by atoms with Gasteiger partial charge in [-0.15, -0.1) is 10.2 Å². The van der Waals surface area contributed by atoms with E-state index < -0.39 is 0 Å². The Balaban J connectivity index is 2.46. The molecule has 5 heteroatoms. The van der Waals surface area contributed by atoms with Gasteiger partial charge in [-0.1, -0.05) is 25.2 Å². The van der Waals surface area contributed by atoms with E-state index in [4.69, 9.17) is 5.73 Å². The first-order valence-electron chi connectivity index (χ1n) is 5.06. The van der Waals surface area contributed by atoms with Gasteiger partial charge < -0.3 is 5.73 Å². The standard InChI is InChI=1S/C9H18N4S/c1-3-5-13(6-4-2)7-8-11-12-9(10)14-8/h3-7H2,1-2H3,(H2,10,12). The quantitative estimate of drug-likeness (QED) is 0.783. The second kappa shape index (κ2) is 5.93. The second-order valence-electron chi connectivity index (χ2n) is 3.31. The lowest BCUT2D eigenvalue weighted by atomic mass is 10.3. The molecular formula is C9H18N4S. The molecule has 1 aromatic rings. The summed E-state index contributed by atoms with van der Waals surface area (Å²) < 4.78 is 0. The SMILES string of the molecule is CCCN(CCC)Cc1nnc(N)s1. The van der Waals surface area contributed by atoms with Crippen LogP contribution in [0.15, 0.2) is 0 Å². The number of nitrogens with zero attached hydrogens (tertiary/aromatic N) is 3. The van der Waals surface area contributed by atoms with Crippen LogP contribution in [-0.2, 0) is 6.54 Å². The van der Waals surface area contributed by atoms with E-state index in [9.17, 15) is 0 Å². The van der Waals surface area contributed by atoms with Gasteiger partial charge in [-0.2, -0.15) is 0 Å². The molecule has 0 aromatic carbocycles. The van der Waals surface area contributed by atoms with Gasteiger partial charge in [-0.25, -0.2) is 0 Å². The summed E-state index contributed by atoms with van der Waals surface area (Å²) in [6, 6.07) is 0. The van der Waals surface area contributed by atoms with Crippen molar-refractivity contribution < 1.29 is 0 Å². The zero-order valence-corrected chi connectivity index (χ0v) is 9.68. The highest BCUT2D eigenvalue weighted by Crippen LogP contribution is 2.13. The van der Waals surface area contributed by atoms with Gasteiger partial charge in [-0.3, -0.25) is 4.90 Å². The average Bonchev–Trinajstić information content (AvgIpc) is 2.52. The van der Waals surface area contributed by atoms with Crippen LogP contribution < -0.4 is 5.73 Å². The summed E-state index contributed by atoms with van der Waals surface area (Å²) in [5, 5.41) is 9.41. The molecule has 14 heavy (non-hydrogen) atoms. The fraction of sp³-hybridized carbons (Fsp3) is 0.778. The first kappa shape index (κ1) is 11.4. The molecule has 0 aliphatic rings. The van der Waals surface area contributed by atoms with Crippen LogP contribution >= 0.6 is 11.3 Å². The Morgan fingerprint density at radius 1 is 1.21 bits per heavy atom. The topological polar surface area (TPSA) is 55.0 Å². The molecule has 0 bridgehead atoms. The van der Waals surface area contributed by atoms with E-state index in [0.29, 0.717) is 5.13 Å². The third-order valence-electron chi connectivity index (χ3n) is 1.92. The van der Waals surface area contributed by atoms with Crippen molar-refractivity contribution in [2.24, 2.45) is 0 Å². The monoisotopic (exact) mass is 214 g/mol. The van der Waals surface area contributed by atoms with Crippen molar-refractivity contribution >= 4 is 16.5 Å². The van der Waals surface area contributed by atoms with E-state index in [1.54, 1.807) is 0 Å². The molecule has 0 spiro atoms. The fourth-order valence-electron chi connectivity index (χ4n) is 1.42. The molecule has 0 unspecified atom stereocenters. The van der Waals surface area contributed by atoms with Crippen LogP contribution in [0.3, 0.4) is 0 Å². The molecule has 0 saturated heterocycles. The highest BCUT2D eigenvalue weighted by atomic mass is 32.1. The first-order valence-corrected chi connectivity index (χ1v) is 5.88. The van der Waals surface area contributed by atoms with E-state index in [0.717, 1.165) is 24.6 Å². The van der Waals surface area contributed by atoms with Crippen molar-refractivity contribution in [3.63, 3.8) is 0 Å². The molecule has 0 radical (unpaired) electrons. The molecule has 4 nitrogen and oxygen atoms in total. The second-order valence-corrected chi connectivity index (χ2v) is 4.40. The van der Waals surface area contributed by atoms with E-state index in [1.807, 2.05) is 0 Å². The molecule has 1 aromatic heterocycles. The Hall–Kier alpha value is -0.680. The maximum absolute atomic E-state index is 5.53. The van der Waals surface area contributed by atoms with E-state index >= 15 is 0 Å². The van der Waals surface area contributed by atoms with Gasteiger partial charge in [0.1, 0.15) is 5.01 Å². The van der Waals surface area contributed by atoms with Gasteiger partial charge >= 0.3 is 0 Å². The number of nitrogens with two attached hydrogens (primary N) is 1.